The zero-order valence-electron chi connectivity index (χ0n) is 10.5. The van der Waals surface area contributed by atoms with E-state index in [0.717, 1.165) is 29.6 Å². The van der Waals surface area contributed by atoms with Gasteiger partial charge >= 0.3 is 0 Å². The standard InChI is InChI=1S/C12H20N4/c1-5-16(4)12-8(2)10(13-3)14-11(15-12)9-6-7-9/h9H,5-7H2,1-4H3,(H,13,14,15). The summed E-state index contributed by atoms with van der Waals surface area (Å²) in [5, 5.41) is 3.16. The van der Waals surface area contributed by atoms with E-state index in [1.807, 2.05) is 7.05 Å². The zero-order valence-corrected chi connectivity index (χ0v) is 10.5. The SMILES string of the molecule is CCN(C)c1nc(C2CC2)nc(NC)c1C. The molecule has 0 aliphatic heterocycles. The molecule has 0 atom stereocenters. The Hall–Kier alpha value is -1.32. The Morgan fingerprint density at radius 2 is 2.06 bits per heavy atom. The molecule has 1 aliphatic carbocycles. The molecule has 0 saturated heterocycles. The van der Waals surface area contributed by atoms with Crippen molar-refractivity contribution in [3.63, 3.8) is 0 Å². The van der Waals surface area contributed by atoms with Crippen molar-refractivity contribution in [2.24, 2.45) is 0 Å². The van der Waals surface area contributed by atoms with E-state index in [-0.39, 0.29) is 0 Å². The fourth-order valence-electron chi connectivity index (χ4n) is 1.81. The van der Waals surface area contributed by atoms with Gasteiger partial charge in [0.05, 0.1) is 0 Å². The maximum atomic E-state index is 4.69. The minimum atomic E-state index is 0.594. The van der Waals surface area contributed by atoms with E-state index in [2.05, 4.69) is 41.1 Å². The van der Waals surface area contributed by atoms with Gasteiger partial charge in [-0.3, -0.25) is 0 Å². The van der Waals surface area contributed by atoms with Crippen LogP contribution in [0.5, 0.6) is 0 Å². The number of hydrogen-bond donors (Lipinski definition) is 1. The summed E-state index contributed by atoms with van der Waals surface area (Å²) >= 11 is 0. The Bertz CT molecular complexity index is 385. The maximum Gasteiger partial charge on any atom is 0.137 e. The van der Waals surface area contributed by atoms with Gasteiger partial charge in [0.25, 0.3) is 0 Å². The molecule has 0 radical (unpaired) electrons. The van der Waals surface area contributed by atoms with Gasteiger partial charge in [-0.15, -0.1) is 0 Å². The molecule has 4 nitrogen and oxygen atoms in total. The topological polar surface area (TPSA) is 41.1 Å². The third-order valence-corrected chi connectivity index (χ3v) is 3.15. The third kappa shape index (κ3) is 1.96. The van der Waals surface area contributed by atoms with Crippen LogP contribution in [0, 0.1) is 6.92 Å². The number of aromatic nitrogens is 2. The van der Waals surface area contributed by atoms with Crippen LogP contribution in [-0.4, -0.2) is 30.6 Å². The van der Waals surface area contributed by atoms with Crippen LogP contribution < -0.4 is 10.2 Å². The highest BCUT2D eigenvalue weighted by atomic mass is 15.2. The lowest BCUT2D eigenvalue weighted by atomic mass is 10.2. The average Bonchev–Trinajstić information content (AvgIpc) is 3.12. The van der Waals surface area contributed by atoms with Gasteiger partial charge in [-0.2, -0.15) is 0 Å². The predicted molar refractivity (Wildman–Crippen MR) is 67.2 cm³/mol. The van der Waals surface area contributed by atoms with Crippen LogP contribution in [0.2, 0.25) is 0 Å². The predicted octanol–water partition coefficient (Wildman–Crippen LogP) is 2.16. The molecule has 1 heterocycles. The molecule has 1 aromatic rings. The van der Waals surface area contributed by atoms with Crippen molar-refractivity contribution in [1.29, 1.82) is 0 Å². The molecule has 16 heavy (non-hydrogen) atoms. The minimum Gasteiger partial charge on any atom is -0.373 e. The molecule has 0 spiro atoms. The molecule has 88 valence electrons. The largest absolute Gasteiger partial charge is 0.373 e. The fourth-order valence-corrected chi connectivity index (χ4v) is 1.81. The normalized spacial score (nSPS) is 15.0. The first-order chi connectivity index (χ1) is 7.67. The van der Waals surface area contributed by atoms with Gasteiger partial charge in [0, 0.05) is 32.1 Å². The Morgan fingerprint density at radius 3 is 2.56 bits per heavy atom. The van der Waals surface area contributed by atoms with Gasteiger partial charge in [-0.05, 0) is 26.7 Å². The molecule has 0 amide bonds. The Kier molecular flexibility index (Phi) is 2.99. The molecule has 0 bridgehead atoms. The molecule has 1 N–H and O–H groups in total. The summed E-state index contributed by atoms with van der Waals surface area (Å²) in [5.74, 6) is 3.62. The van der Waals surface area contributed by atoms with E-state index in [9.17, 15) is 0 Å². The van der Waals surface area contributed by atoms with E-state index in [1.165, 1.54) is 12.8 Å². The van der Waals surface area contributed by atoms with Crippen molar-refractivity contribution >= 4 is 11.6 Å². The average molecular weight is 220 g/mol. The van der Waals surface area contributed by atoms with Crippen LogP contribution in [0.25, 0.3) is 0 Å². The second-order valence-electron chi connectivity index (χ2n) is 4.42. The number of hydrogen-bond acceptors (Lipinski definition) is 4. The van der Waals surface area contributed by atoms with Crippen molar-refractivity contribution in [1.82, 2.24) is 9.97 Å². The highest BCUT2D eigenvalue weighted by Crippen LogP contribution is 2.39. The smallest absolute Gasteiger partial charge is 0.137 e. The molecular weight excluding hydrogens is 200 g/mol. The summed E-state index contributed by atoms with van der Waals surface area (Å²) in [7, 11) is 3.99. The quantitative estimate of drug-likeness (QED) is 0.844. The van der Waals surface area contributed by atoms with Crippen molar-refractivity contribution in [3.8, 4) is 0 Å². The highest BCUT2D eigenvalue weighted by Gasteiger charge is 2.28. The van der Waals surface area contributed by atoms with Crippen LogP contribution in [0.1, 0.15) is 37.1 Å². The molecule has 4 heteroatoms. The first-order valence-electron chi connectivity index (χ1n) is 5.94. The van der Waals surface area contributed by atoms with E-state index in [1.54, 1.807) is 0 Å². The molecule has 1 saturated carbocycles. The molecule has 2 rings (SSSR count). The van der Waals surface area contributed by atoms with Crippen LogP contribution in [0.4, 0.5) is 11.6 Å². The molecule has 1 aromatic heterocycles. The van der Waals surface area contributed by atoms with Crippen LogP contribution >= 0.6 is 0 Å². The lowest BCUT2D eigenvalue weighted by Crippen LogP contribution is -2.20. The zero-order chi connectivity index (χ0) is 11.7. The first kappa shape index (κ1) is 11.2. The molecular formula is C12H20N4. The molecule has 0 aromatic carbocycles. The first-order valence-corrected chi connectivity index (χ1v) is 5.94. The van der Waals surface area contributed by atoms with Crippen LogP contribution in [0.3, 0.4) is 0 Å². The lowest BCUT2D eigenvalue weighted by Gasteiger charge is -2.20. The van der Waals surface area contributed by atoms with Crippen molar-refractivity contribution in [3.05, 3.63) is 11.4 Å². The Morgan fingerprint density at radius 1 is 1.38 bits per heavy atom. The summed E-state index contributed by atoms with van der Waals surface area (Å²) in [6.45, 7) is 5.17. The van der Waals surface area contributed by atoms with Crippen molar-refractivity contribution in [2.45, 2.75) is 32.6 Å². The van der Waals surface area contributed by atoms with Crippen LogP contribution in [0.15, 0.2) is 0 Å². The number of nitrogens with one attached hydrogen (secondary N) is 1. The van der Waals surface area contributed by atoms with Gasteiger partial charge in [0.2, 0.25) is 0 Å². The Balaban J connectivity index is 2.44. The second-order valence-corrected chi connectivity index (χ2v) is 4.42. The lowest BCUT2D eigenvalue weighted by molar-refractivity contribution is 0.866. The second kappa shape index (κ2) is 4.28. The third-order valence-electron chi connectivity index (χ3n) is 3.15. The summed E-state index contributed by atoms with van der Waals surface area (Å²) < 4.78 is 0. The van der Waals surface area contributed by atoms with Gasteiger partial charge in [0.15, 0.2) is 0 Å². The van der Waals surface area contributed by atoms with Crippen molar-refractivity contribution in [2.75, 3.05) is 30.9 Å². The monoisotopic (exact) mass is 220 g/mol. The number of anilines is 2. The minimum absolute atomic E-state index is 0.594. The van der Waals surface area contributed by atoms with Crippen molar-refractivity contribution < 1.29 is 0 Å². The molecule has 1 fully saturated rings. The van der Waals surface area contributed by atoms with Gasteiger partial charge < -0.3 is 10.2 Å². The summed E-state index contributed by atoms with van der Waals surface area (Å²) in [5.41, 5.74) is 1.14. The van der Waals surface area contributed by atoms with E-state index < -0.39 is 0 Å². The van der Waals surface area contributed by atoms with E-state index in [4.69, 9.17) is 0 Å². The van der Waals surface area contributed by atoms with Gasteiger partial charge in [-0.1, -0.05) is 0 Å². The number of rotatable bonds is 4. The van der Waals surface area contributed by atoms with Crippen LogP contribution in [-0.2, 0) is 0 Å². The fraction of sp³-hybridized carbons (Fsp3) is 0.667. The van der Waals surface area contributed by atoms with E-state index >= 15 is 0 Å². The summed E-state index contributed by atoms with van der Waals surface area (Å²) in [6, 6.07) is 0. The number of nitrogens with zero attached hydrogens (tertiary/aromatic N) is 3. The van der Waals surface area contributed by atoms with Gasteiger partial charge in [0.1, 0.15) is 17.5 Å². The molecule has 0 unspecified atom stereocenters. The Labute approximate surface area is 97.1 Å². The summed E-state index contributed by atoms with van der Waals surface area (Å²) in [6.07, 6.45) is 2.48. The summed E-state index contributed by atoms with van der Waals surface area (Å²) in [4.78, 5) is 11.4. The maximum absolute atomic E-state index is 4.69. The van der Waals surface area contributed by atoms with Gasteiger partial charge in [-0.25, -0.2) is 9.97 Å². The highest BCUT2D eigenvalue weighted by molar-refractivity contribution is 5.58. The molecule has 1 aliphatic rings. The van der Waals surface area contributed by atoms with E-state index in [0.29, 0.717) is 5.92 Å².